The van der Waals surface area contributed by atoms with E-state index in [9.17, 15) is 0 Å². The van der Waals surface area contributed by atoms with Gasteiger partial charge < -0.3 is 5.32 Å². The zero-order valence-corrected chi connectivity index (χ0v) is 13.8. The van der Waals surface area contributed by atoms with Crippen LogP contribution in [-0.4, -0.2) is 4.98 Å². The molecule has 1 N–H and O–H groups in total. The summed E-state index contributed by atoms with van der Waals surface area (Å²) in [7, 11) is 0. The quantitative estimate of drug-likeness (QED) is 0.644. The van der Waals surface area contributed by atoms with Crippen molar-refractivity contribution in [3.63, 3.8) is 0 Å². The Bertz CT molecular complexity index is 702. The maximum atomic E-state index is 6.00. The van der Waals surface area contributed by atoms with E-state index in [1.165, 1.54) is 11.3 Å². The normalized spacial score (nSPS) is 11.9. The molecule has 21 heavy (non-hydrogen) atoms. The van der Waals surface area contributed by atoms with Gasteiger partial charge in [0.05, 0.1) is 15.7 Å². The van der Waals surface area contributed by atoms with Gasteiger partial charge in [-0.1, -0.05) is 54.1 Å². The van der Waals surface area contributed by atoms with Gasteiger partial charge in [0.25, 0.3) is 0 Å². The summed E-state index contributed by atoms with van der Waals surface area (Å²) in [6.45, 7) is 5.78. The molecule has 0 aliphatic carbocycles. The number of anilines is 2. The van der Waals surface area contributed by atoms with Gasteiger partial charge in [-0.25, -0.2) is 4.98 Å². The van der Waals surface area contributed by atoms with Crippen LogP contribution in [0.15, 0.2) is 54.5 Å². The lowest BCUT2D eigenvalue weighted by molar-refractivity contribution is 1.34. The predicted octanol–water partition coefficient (Wildman–Crippen LogP) is 6.34. The molecule has 5 heteroatoms. The summed E-state index contributed by atoms with van der Waals surface area (Å²) in [4.78, 5) is 4.54. The fourth-order valence-electron chi connectivity index (χ4n) is 1.62. The summed E-state index contributed by atoms with van der Waals surface area (Å²) in [5.74, 6) is 0. The van der Waals surface area contributed by atoms with Crippen LogP contribution in [0, 0.1) is 0 Å². The molecular formula is C16H14Cl2N2S. The largest absolute Gasteiger partial charge is 0.331 e. The SMILES string of the molecule is C=C/C(=C\C=C/C)c1csc(Nc2ccc(Cl)c(Cl)c2)n1. The molecule has 0 aliphatic rings. The van der Waals surface area contributed by atoms with Crippen molar-refractivity contribution in [2.75, 3.05) is 5.32 Å². The minimum absolute atomic E-state index is 0.512. The van der Waals surface area contributed by atoms with Gasteiger partial charge in [0.1, 0.15) is 0 Å². The van der Waals surface area contributed by atoms with Crippen LogP contribution in [0.1, 0.15) is 12.6 Å². The number of allylic oxidation sites excluding steroid dienone is 5. The molecule has 0 fully saturated rings. The average Bonchev–Trinajstić information content (AvgIpc) is 2.92. The van der Waals surface area contributed by atoms with Crippen LogP contribution in [-0.2, 0) is 0 Å². The molecule has 0 saturated heterocycles. The highest BCUT2D eigenvalue weighted by Crippen LogP contribution is 2.29. The Morgan fingerprint density at radius 3 is 2.81 bits per heavy atom. The smallest absolute Gasteiger partial charge is 0.187 e. The average molecular weight is 337 g/mol. The number of aromatic nitrogens is 1. The van der Waals surface area contributed by atoms with Gasteiger partial charge in [-0.15, -0.1) is 11.3 Å². The first-order valence-corrected chi connectivity index (χ1v) is 7.91. The lowest BCUT2D eigenvalue weighted by Gasteiger charge is -2.03. The fourth-order valence-corrected chi connectivity index (χ4v) is 2.66. The van der Waals surface area contributed by atoms with Crippen LogP contribution >= 0.6 is 34.5 Å². The van der Waals surface area contributed by atoms with E-state index >= 15 is 0 Å². The summed E-state index contributed by atoms with van der Waals surface area (Å²) < 4.78 is 0. The first-order valence-electron chi connectivity index (χ1n) is 6.27. The van der Waals surface area contributed by atoms with Gasteiger partial charge in [-0.05, 0) is 25.1 Å². The maximum absolute atomic E-state index is 6.00. The van der Waals surface area contributed by atoms with Crippen LogP contribution in [0.5, 0.6) is 0 Å². The highest BCUT2D eigenvalue weighted by atomic mass is 35.5. The van der Waals surface area contributed by atoms with Crippen LogP contribution in [0.2, 0.25) is 10.0 Å². The van der Waals surface area contributed by atoms with Crippen LogP contribution in [0.25, 0.3) is 5.57 Å². The highest BCUT2D eigenvalue weighted by molar-refractivity contribution is 7.13. The molecule has 2 nitrogen and oxygen atoms in total. The molecule has 108 valence electrons. The Balaban J connectivity index is 2.19. The highest BCUT2D eigenvalue weighted by Gasteiger charge is 2.06. The second-order valence-corrected chi connectivity index (χ2v) is 5.82. The second kappa shape index (κ2) is 7.46. The predicted molar refractivity (Wildman–Crippen MR) is 94.8 cm³/mol. The van der Waals surface area contributed by atoms with Gasteiger partial charge in [-0.2, -0.15) is 0 Å². The van der Waals surface area contributed by atoms with E-state index in [1.54, 1.807) is 18.2 Å². The van der Waals surface area contributed by atoms with Crippen molar-refractivity contribution in [3.8, 4) is 0 Å². The number of rotatable bonds is 5. The van der Waals surface area contributed by atoms with E-state index < -0.39 is 0 Å². The molecule has 0 saturated carbocycles. The topological polar surface area (TPSA) is 24.9 Å². The van der Waals surface area contributed by atoms with Crippen molar-refractivity contribution in [2.45, 2.75) is 6.92 Å². The third-order valence-electron chi connectivity index (χ3n) is 2.66. The monoisotopic (exact) mass is 336 g/mol. The van der Waals surface area contributed by atoms with Crippen LogP contribution in [0.3, 0.4) is 0 Å². The lowest BCUT2D eigenvalue weighted by atomic mass is 10.2. The number of nitrogens with one attached hydrogen (secondary N) is 1. The summed E-state index contributed by atoms with van der Waals surface area (Å²) in [6.07, 6.45) is 7.69. The van der Waals surface area contributed by atoms with E-state index in [2.05, 4.69) is 16.9 Å². The van der Waals surface area contributed by atoms with Crippen LogP contribution < -0.4 is 5.32 Å². The molecule has 0 aliphatic heterocycles. The number of hydrogen-bond acceptors (Lipinski definition) is 3. The molecule has 0 bridgehead atoms. The van der Waals surface area contributed by atoms with E-state index in [1.807, 2.05) is 36.6 Å². The minimum Gasteiger partial charge on any atom is -0.331 e. The van der Waals surface area contributed by atoms with E-state index in [-0.39, 0.29) is 0 Å². The lowest BCUT2D eigenvalue weighted by Crippen LogP contribution is -1.90. The number of thiazole rings is 1. The Morgan fingerprint density at radius 1 is 1.33 bits per heavy atom. The molecular weight excluding hydrogens is 323 g/mol. The molecule has 0 unspecified atom stereocenters. The second-order valence-electron chi connectivity index (χ2n) is 4.14. The number of nitrogens with zero attached hydrogens (tertiary/aromatic N) is 1. The molecule has 2 aromatic rings. The van der Waals surface area contributed by atoms with E-state index in [0.717, 1.165) is 22.1 Å². The first kappa shape index (κ1) is 15.8. The first-order chi connectivity index (χ1) is 10.1. The van der Waals surface area contributed by atoms with Gasteiger partial charge in [0.2, 0.25) is 0 Å². The number of halogens is 2. The van der Waals surface area contributed by atoms with Crippen molar-refractivity contribution in [1.29, 1.82) is 0 Å². The summed E-state index contributed by atoms with van der Waals surface area (Å²) in [5, 5.41) is 7.03. The molecule has 0 spiro atoms. The molecule has 1 aromatic carbocycles. The van der Waals surface area contributed by atoms with Gasteiger partial charge in [-0.3, -0.25) is 0 Å². The maximum Gasteiger partial charge on any atom is 0.187 e. The standard InChI is InChI=1S/C16H14Cl2N2S/c1-3-5-6-11(4-2)15-10-21-16(20-15)19-12-7-8-13(17)14(18)9-12/h3-10H,2H2,1H3,(H,19,20)/b5-3-,11-6+. The summed E-state index contributed by atoms with van der Waals surface area (Å²) in [5.41, 5.74) is 2.71. The summed E-state index contributed by atoms with van der Waals surface area (Å²) in [6, 6.07) is 5.39. The molecule has 2 rings (SSSR count). The fraction of sp³-hybridized carbons (Fsp3) is 0.0625. The number of hydrogen-bond donors (Lipinski definition) is 1. The third-order valence-corrected chi connectivity index (χ3v) is 4.16. The van der Waals surface area contributed by atoms with Crippen molar-refractivity contribution in [3.05, 3.63) is 70.2 Å². The molecule has 1 heterocycles. The molecule has 0 radical (unpaired) electrons. The Kier molecular flexibility index (Phi) is 5.62. The van der Waals surface area contributed by atoms with Gasteiger partial charge >= 0.3 is 0 Å². The van der Waals surface area contributed by atoms with Crippen molar-refractivity contribution in [2.24, 2.45) is 0 Å². The van der Waals surface area contributed by atoms with Crippen LogP contribution in [0.4, 0.5) is 10.8 Å². The minimum atomic E-state index is 0.512. The Hall–Kier alpha value is -1.55. The zero-order chi connectivity index (χ0) is 15.2. The Labute approximate surface area is 138 Å². The number of benzene rings is 1. The molecule has 1 aromatic heterocycles. The summed E-state index contributed by atoms with van der Waals surface area (Å²) >= 11 is 13.4. The Morgan fingerprint density at radius 2 is 2.14 bits per heavy atom. The van der Waals surface area contributed by atoms with Gasteiger partial charge in [0.15, 0.2) is 5.13 Å². The van der Waals surface area contributed by atoms with E-state index in [4.69, 9.17) is 23.2 Å². The van der Waals surface area contributed by atoms with Gasteiger partial charge in [0, 0.05) is 16.6 Å². The molecule has 0 amide bonds. The molecule has 0 atom stereocenters. The third kappa shape index (κ3) is 4.21. The zero-order valence-electron chi connectivity index (χ0n) is 11.4. The van der Waals surface area contributed by atoms with Crippen molar-refractivity contribution >= 4 is 50.9 Å². The van der Waals surface area contributed by atoms with E-state index in [0.29, 0.717) is 10.0 Å². The van der Waals surface area contributed by atoms with Crippen molar-refractivity contribution in [1.82, 2.24) is 4.98 Å². The van der Waals surface area contributed by atoms with Crippen molar-refractivity contribution < 1.29 is 0 Å².